The molecule has 0 radical (unpaired) electrons. The Morgan fingerprint density at radius 2 is 2.10 bits per heavy atom. The average Bonchev–Trinajstić information content (AvgIpc) is 2.47. The van der Waals surface area contributed by atoms with Crippen molar-refractivity contribution in [2.45, 2.75) is 19.4 Å². The molecule has 1 unspecified atom stereocenters. The van der Waals surface area contributed by atoms with Crippen molar-refractivity contribution >= 4 is 33.3 Å². The van der Waals surface area contributed by atoms with Crippen molar-refractivity contribution in [1.82, 2.24) is 4.98 Å². The zero-order valence-electron chi connectivity index (χ0n) is 12.3. The SMILES string of the molecule is COc1ccccc1CC(C)N(C)c1ncc(Br)cc1Cl. The number of benzene rings is 1. The summed E-state index contributed by atoms with van der Waals surface area (Å²) in [5, 5.41) is 0.638. The predicted molar refractivity (Wildman–Crippen MR) is 91.5 cm³/mol. The van der Waals surface area contributed by atoms with Gasteiger partial charge in [0.15, 0.2) is 0 Å². The number of ether oxygens (including phenoxy) is 1. The number of nitrogens with zero attached hydrogens (tertiary/aromatic N) is 2. The molecule has 0 saturated heterocycles. The molecule has 2 aromatic rings. The summed E-state index contributed by atoms with van der Waals surface area (Å²) in [7, 11) is 3.70. The summed E-state index contributed by atoms with van der Waals surface area (Å²) >= 11 is 9.64. The van der Waals surface area contributed by atoms with Gasteiger partial charge in [-0.05, 0) is 47.0 Å². The van der Waals surface area contributed by atoms with Crippen LogP contribution in [-0.2, 0) is 6.42 Å². The van der Waals surface area contributed by atoms with Crippen LogP contribution in [-0.4, -0.2) is 25.2 Å². The maximum Gasteiger partial charge on any atom is 0.147 e. The Balaban J connectivity index is 2.17. The monoisotopic (exact) mass is 368 g/mol. The normalized spacial score (nSPS) is 12.0. The second kappa shape index (κ2) is 7.14. The van der Waals surface area contributed by atoms with Gasteiger partial charge < -0.3 is 9.64 Å². The van der Waals surface area contributed by atoms with Gasteiger partial charge in [0, 0.05) is 23.8 Å². The van der Waals surface area contributed by atoms with Gasteiger partial charge in [0.2, 0.25) is 0 Å². The van der Waals surface area contributed by atoms with Crippen molar-refractivity contribution in [3.63, 3.8) is 0 Å². The van der Waals surface area contributed by atoms with Crippen LogP contribution in [0.1, 0.15) is 12.5 Å². The molecule has 0 N–H and O–H groups in total. The van der Waals surface area contributed by atoms with Gasteiger partial charge in [-0.1, -0.05) is 29.8 Å². The fourth-order valence-corrected chi connectivity index (χ4v) is 2.97. The maximum atomic E-state index is 6.27. The fourth-order valence-electron chi connectivity index (χ4n) is 2.20. The second-order valence-electron chi connectivity index (χ2n) is 4.93. The minimum Gasteiger partial charge on any atom is -0.496 e. The van der Waals surface area contributed by atoms with Gasteiger partial charge in [-0.25, -0.2) is 4.98 Å². The van der Waals surface area contributed by atoms with Crippen LogP contribution in [0.2, 0.25) is 5.02 Å². The molecule has 2 rings (SSSR count). The zero-order valence-corrected chi connectivity index (χ0v) is 14.6. The van der Waals surface area contributed by atoms with E-state index in [1.54, 1.807) is 13.3 Å². The van der Waals surface area contributed by atoms with Crippen molar-refractivity contribution < 1.29 is 4.74 Å². The molecule has 0 amide bonds. The van der Waals surface area contributed by atoms with Crippen LogP contribution in [0.15, 0.2) is 41.0 Å². The molecule has 1 aromatic carbocycles. The third kappa shape index (κ3) is 3.89. The largest absolute Gasteiger partial charge is 0.496 e. The zero-order chi connectivity index (χ0) is 15.4. The van der Waals surface area contributed by atoms with Gasteiger partial charge in [0.05, 0.1) is 12.1 Å². The number of rotatable bonds is 5. The van der Waals surface area contributed by atoms with E-state index in [-0.39, 0.29) is 6.04 Å². The number of anilines is 1. The number of pyridine rings is 1. The minimum atomic E-state index is 0.243. The fraction of sp³-hybridized carbons (Fsp3) is 0.312. The topological polar surface area (TPSA) is 25.4 Å². The van der Waals surface area contributed by atoms with Crippen molar-refractivity contribution in [3.05, 3.63) is 51.6 Å². The molecule has 112 valence electrons. The smallest absolute Gasteiger partial charge is 0.147 e. The molecule has 0 fully saturated rings. The van der Waals surface area contributed by atoms with E-state index in [1.165, 1.54) is 5.56 Å². The van der Waals surface area contributed by atoms with E-state index < -0.39 is 0 Å². The quantitative estimate of drug-likeness (QED) is 0.772. The summed E-state index contributed by atoms with van der Waals surface area (Å²) in [5.74, 6) is 1.69. The van der Waals surface area contributed by atoms with Crippen LogP contribution in [0.4, 0.5) is 5.82 Å². The Bertz CT molecular complexity index is 621. The number of hydrogen-bond acceptors (Lipinski definition) is 3. The lowest BCUT2D eigenvalue weighted by Crippen LogP contribution is -2.31. The summed E-state index contributed by atoms with van der Waals surface area (Å²) in [6.07, 6.45) is 2.61. The van der Waals surface area contributed by atoms with Crippen LogP contribution in [0.5, 0.6) is 5.75 Å². The third-order valence-corrected chi connectivity index (χ3v) is 4.20. The lowest BCUT2D eigenvalue weighted by atomic mass is 10.1. The van der Waals surface area contributed by atoms with E-state index in [0.717, 1.165) is 22.5 Å². The molecule has 0 spiro atoms. The minimum absolute atomic E-state index is 0.243. The van der Waals surface area contributed by atoms with E-state index in [2.05, 4.69) is 38.8 Å². The van der Waals surface area contributed by atoms with Gasteiger partial charge in [0.25, 0.3) is 0 Å². The van der Waals surface area contributed by atoms with Crippen molar-refractivity contribution in [3.8, 4) is 5.75 Å². The van der Waals surface area contributed by atoms with Crippen LogP contribution in [0.3, 0.4) is 0 Å². The van der Waals surface area contributed by atoms with Crippen LogP contribution < -0.4 is 9.64 Å². The molecule has 1 heterocycles. The second-order valence-corrected chi connectivity index (χ2v) is 6.26. The number of aromatic nitrogens is 1. The van der Waals surface area contributed by atoms with Crippen molar-refractivity contribution in [2.24, 2.45) is 0 Å². The van der Waals surface area contributed by atoms with E-state index in [0.29, 0.717) is 5.02 Å². The third-order valence-electron chi connectivity index (χ3n) is 3.49. The molecule has 0 aliphatic heterocycles. The molecule has 3 nitrogen and oxygen atoms in total. The van der Waals surface area contributed by atoms with E-state index in [4.69, 9.17) is 16.3 Å². The van der Waals surface area contributed by atoms with Gasteiger partial charge in [0.1, 0.15) is 11.6 Å². The summed E-state index contributed by atoms with van der Waals surface area (Å²) < 4.78 is 6.28. The average molecular weight is 370 g/mol. The Morgan fingerprint density at radius 3 is 2.76 bits per heavy atom. The highest BCUT2D eigenvalue weighted by Crippen LogP contribution is 2.28. The Morgan fingerprint density at radius 1 is 1.38 bits per heavy atom. The number of likely N-dealkylation sites (N-methyl/N-ethyl adjacent to an activating group) is 1. The highest BCUT2D eigenvalue weighted by atomic mass is 79.9. The van der Waals surface area contributed by atoms with Crippen molar-refractivity contribution in [2.75, 3.05) is 19.1 Å². The number of methoxy groups -OCH3 is 1. The van der Waals surface area contributed by atoms with Crippen LogP contribution >= 0.6 is 27.5 Å². The van der Waals surface area contributed by atoms with Gasteiger partial charge >= 0.3 is 0 Å². The predicted octanol–water partition coefficient (Wildman–Crippen LogP) is 4.57. The number of hydrogen-bond donors (Lipinski definition) is 0. The number of para-hydroxylation sites is 1. The van der Waals surface area contributed by atoms with Crippen molar-refractivity contribution in [1.29, 1.82) is 0 Å². The molecule has 0 aliphatic carbocycles. The highest BCUT2D eigenvalue weighted by molar-refractivity contribution is 9.10. The molecule has 21 heavy (non-hydrogen) atoms. The molecule has 0 bridgehead atoms. The van der Waals surface area contributed by atoms with Crippen LogP contribution in [0, 0.1) is 0 Å². The first kappa shape index (κ1) is 16.1. The van der Waals surface area contributed by atoms with E-state index in [9.17, 15) is 0 Å². The lowest BCUT2D eigenvalue weighted by Gasteiger charge is -2.27. The van der Waals surface area contributed by atoms with E-state index in [1.807, 2.05) is 31.3 Å². The summed E-state index contributed by atoms with van der Waals surface area (Å²) in [6.45, 7) is 2.15. The molecular weight excluding hydrogens is 352 g/mol. The van der Waals surface area contributed by atoms with Gasteiger partial charge in [-0.15, -0.1) is 0 Å². The Kier molecular flexibility index (Phi) is 5.48. The standard InChI is InChI=1S/C16H18BrClN2O/c1-11(8-12-6-4-5-7-15(12)21-3)20(2)16-14(18)9-13(17)10-19-16/h4-7,9-11H,8H2,1-3H3. The first-order chi connectivity index (χ1) is 10.0. The first-order valence-electron chi connectivity index (χ1n) is 6.68. The summed E-state index contributed by atoms with van der Waals surface area (Å²) in [5.41, 5.74) is 1.17. The van der Waals surface area contributed by atoms with Gasteiger partial charge in [-0.2, -0.15) is 0 Å². The first-order valence-corrected chi connectivity index (χ1v) is 7.85. The molecule has 0 aliphatic rings. The summed E-state index contributed by atoms with van der Waals surface area (Å²) in [6, 6.07) is 10.2. The summed E-state index contributed by atoms with van der Waals surface area (Å²) in [4.78, 5) is 6.48. The molecular formula is C16H18BrClN2O. The molecule has 1 atom stereocenters. The Hall–Kier alpha value is -1.26. The number of halogens is 2. The van der Waals surface area contributed by atoms with E-state index >= 15 is 0 Å². The lowest BCUT2D eigenvalue weighted by molar-refractivity contribution is 0.408. The highest BCUT2D eigenvalue weighted by Gasteiger charge is 2.16. The maximum absolute atomic E-state index is 6.27. The molecule has 1 aromatic heterocycles. The van der Waals surface area contributed by atoms with Gasteiger partial charge in [-0.3, -0.25) is 0 Å². The Labute approximate surface area is 139 Å². The van der Waals surface area contributed by atoms with Crippen LogP contribution in [0.25, 0.3) is 0 Å². The molecule has 0 saturated carbocycles. The molecule has 5 heteroatoms.